The average molecular weight is 744 g/mol. The van der Waals surface area contributed by atoms with Crippen molar-refractivity contribution in [2.45, 2.75) is 83.2 Å². The van der Waals surface area contributed by atoms with Gasteiger partial charge < -0.3 is 23.7 Å². The Morgan fingerprint density at radius 3 is 2.57 bits per heavy atom. The minimum Gasteiger partial charge on any atom is -0.497 e. The molecule has 53 heavy (non-hydrogen) atoms. The highest BCUT2D eigenvalue weighted by molar-refractivity contribution is 7.90. The van der Waals surface area contributed by atoms with Crippen molar-refractivity contribution in [2.24, 2.45) is 0 Å². The monoisotopic (exact) mass is 743 g/mol. The first-order chi connectivity index (χ1) is 25.5. The van der Waals surface area contributed by atoms with Crippen molar-refractivity contribution in [2.75, 3.05) is 40.5 Å². The molecule has 0 bridgehead atoms. The van der Waals surface area contributed by atoms with E-state index in [2.05, 4.69) is 21.4 Å². The molecule has 2 aromatic heterocycles. The number of nitrogens with zero attached hydrogens (tertiary/aromatic N) is 4. The molecule has 1 aliphatic carbocycles. The van der Waals surface area contributed by atoms with E-state index in [1.165, 1.54) is 12.0 Å². The first-order valence-electron chi connectivity index (χ1n) is 18.6. The van der Waals surface area contributed by atoms with Crippen LogP contribution in [0.25, 0.3) is 33.8 Å². The molecule has 2 fully saturated rings. The molecule has 1 saturated heterocycles. The summed E-state index contributed by atoms with van der Waals surface area (Å²) in [5, 5.41) is 4.99. The van der Waals surface area contributed by atoms with Crippen molar-refractivity contribution in [3.8, 4) is 17.0 Å². The quantitative estimate of drug-likeness (QED) is 0.206. The van der Waals surface area contributed by atoms with Gasteiger partial charge in [-0.1, -0.05) is 25.3 Å². The van der Waals surface area contributed by atoms with E-state index in [1.807, 2.05) is 40.8 Å². The number of allylic oxidation sites excluding steroid dienone is 1. The number of nitrogens with one attached hydrogen (secondary N) is 1. The minimum atomic E-state index is -3.84. The summed E-state index contributed by atoms with van der Waals surface area (Å²) in [7, 11) is -0.563. The number of morpholine rings is 1. The van der Waals surface area contributed by atoms with Crippen LogP contribution in [0.3, 0.4) is 0 Å². The standard InChI is InChI=1S/C40H49N5O7S/c1-6-45-37(34(21-41-45)40(47)43-16-17-52-31(23-43)24-50-4)29-18-28-19-30(51-5)13-15-32(28)38-36(26-10-8-7-9-11-26)33-14-12-27(20-35(33)44(38)22-29)39(46)42-53(48,49)25(2)3/h12-15,18-21,25-26,31H,6-11,16-17,22-24H2,1-5H3,(H,42,46). The van der Waals surface area contributed by atoms with Crippen LogP contribution < -0.4 is 9.46 Å². The summed E-state index contributed by atoms with van der Waals surface area (Å²) in [4.78, 5) is 29.7. The number of hydrogen-bond acceptors (Lipinski definition) is 8. The van der Waals surface area contributed by atoms with Gasteiger partial charge in [0.1, 0.15) is 5.75 Å². The molecule has 7 rings (SSSR count). The highest BCUT2D eigenvalue weighted by Gasteiger charge is 2.33. The molecule has 0 radical (unpaired) electrons. The van der Waals surface area contributed by atoms with Gasteiger partial charge in [-0.2, -0.15) is 5.10 Å². The van der Waals surface area contributed by atoms with Gasteiger partial charge in [-0.15, -0.1) is 0 Å². The van der Waals surface area contributed by atoms with Crippen LogP contribution >= 0.6 is 0 Å². The number of amides is 2. The van der Waals surface area contributed by atoms with Crippen LogP contribution in [-0.4, -0.2) is 91.4 Å². The second-order valence-electron chi connectivity index (χ2n) is 14.5. The zero-order valence-corrected chi connectivity index (χ0v) is 32.0. The third-order valence-electron chi connectivity index (χ3n) is 10.9. The molecule has 282 valence electrons. The van der Waals surface area contributed by atoms with E-state index in [1.54, 1.807) is 40.3 Å². The van der Waals surface area contributed by atoms with Crippen LogP contribution in [0, 0.1) is 0 Å². The van der Waals surface area contributed by atoms with Gasteiger partial charge in [-0.25, -0.2) is 13.1 Å². The topological polar surface area (TPSA) is 134 Å². The first-order valence-corrected chi connectivity index (χ1v) is 20.2. The van der Waals surface area contributed by atoms with Gasteiger partial charge in [-0.3, -0.25) is 14.3 Å². The SMILES string of the molecule is CCn1ncc(C(=O)N2CCOC(COC)C2)c1C1=Cc2cc(OC)ccc2-c2c(C3CCCCC3)c3ccc(C(=O)NS(=O)(=O)C(C)C)cc3n2C1. The third kappa shape index (κ3) is 7.02. The fourth-order valence-electron chi connectivity index (χ4n) is 8.11. The number of aryl methyl sites for hydroxylation is 1. The number of carbonyl (C=O) groups excluding carboxylic acids is 2. The van der Waals surface area contributed by atoms with E-state index in [4.69, 9.17) is 19.3 Å². The molecule has 13 heteroatoms. The van der Waals surface area contributed by atoms with Crippen LogP contribution in [-0.2, 0) is 32.6 Å². The number of methoxy groups -OCH3 is 2. The lowest BCUT2D eigenvalue weighted by atomic mass is 9.81. The second kappa shape index (κ2) is 15.1. The lowest BCUT2D eigenvalue weighted by molar-refractivity contribution is -0.0531. The summed E-state index contributed by atoms with van der Waals surface area (Å²) in [5.74, 6) is 0.232. The highest BCUT2D eigenvalue weighted by Crippen LogP contribution is 2.48. The van der Waals surface area contributed by atoms with Crippen LogP contribution in [0.2, 0.25) is 0 Å². The molecule has 2 amide bonds. The Hall–Kier alpha value is -4.46. The first kappa shape index (κ1) is 36.9. The van der Waals surface area contributed by atoms with Gasteiger partial charge in [0.2, 0.25) is 10.0 Å². The van der Waals surface area contributed by atoms with Gasteiger partial charge in [0.05, 0.1) is 61.4 Å². The normalized spacial score (nSPS) is 18.0. The number of aromatic nitrogens is 3. The maximum atomic E-state index is 14.4. The third-order valence-corrected chi connectivity index (χ3v) is 12.6. The summed E-state index contributed by atoms with van der Waals surface area (Å²) < 4.78 is 48.8. The molecule has 1 atom stereocenters. The molecule has 12 nitrogen and oxygen atoms in total. The van der Waals surface area contributed by atoms with E-state index in [9.17, 15) is 18.0 Å². The van der Waals surface area contributed by atoms with Gasteiger partial charge in [-0.05, 0) is 92.6 Å². The van der Waals surface area contributed by atoms with E-state index in [0.29, 0.717) is 56.6 Å². The number of rotatable bonds is 10. The van der Waals surface area contributed by atoms with Crippen molar-refractivity contribution in [3.63, 3.8) is 0 Å². The average Bonchev–Trinajstić information content (AvgIpc) is 3.68. The lowest BCUT2D eigenvalue weighted by Gasteiger charge is -2.32. The van der Waals surface area contributed by atoms with Gasteiger partial charge >= 0.3 is 0 Å². The number of carbonyl (C=O) groups is 2. The Kier molecular flexibility index (Phi) is 10.5. The lowest BCUT2D eigenvalue weighted by Crippen LogP contribution is -2.47. The predicted molar refractivity (Wildman–Crippen MR) is 205 cm³/mol. The van der Waals surface area contributed by atoms with Crippen molar-refractivity contribution < 1.29 is 32.2 Å². The van der Waals surface area contributed by atoms with Gasteiger partial charge in [0.25, 0.3) is 11.8 Å². The van der Waals surface area contributed by atoms with Crippen LogP contribution in [0.15, 0.2) is 42.6 Å². The Labute approximate surface area is 311 Å². The smallest absolute Gasteiger partial charge is 0.264 e. The van der Waals surface area contributed by atoms with E-state index < -0.39 is 21.2 Å². The largest absolute Gasteiger partial charge is 0.497 e. The Morgan fingerprint density at radius 1 is 1.06 bits per heavy atom. The molecule has 3 aliphatic rings. The summed E-state index contributed by atoms with van der Waals surface area (Å²) in [6.07, 6.45) is 9.17. The fourth-order valence-corrected chi connectivity index (χ4v) is 8.73. The van der Waals surface area contributed by atoms with Crippen LogP contribution in [0.4, 0.5) is 0 Å². The molecule has 1 N–H and O–H groups in total. The maximum absolute atomic E-state index is 14.4. The fraction of sp³-hybridized carbons (Fsp3) is 0.475. The number of benzene rings is 2. The van der Waals surface area contributed by atoms with Crippen molar-refractivity contribution >= 4 is 44.4 Å². The van der Waals surface area contributed by atoms with Crippen molar-refractivity contribution in [3.05, 3.63) is 70.5 Å². The molecular weight excluding hydrogens is 695 g/mol. The molecule has 2 aromatic carbocycles. The zero-order chi connectivity index (χ0) is 37.4. The minimum absolute atomic E-state index is 0.120. The van der Waals surface area contributed by atoms with Crippen molar-refractivity contribution in [1.29, 1.82) is 0 Å². The number of ether oxygens (including phenoxy) is 3. The summed E-state index contributed by atoms with van der Waals surface area (Å²) in [6.45, 7) is 7.71. The summed E-state index contributed by atoms with van der Waals surface area (Å²) in [5.41, 5.74) is 7.48. The zero-order valence-electron chi connectivity index (χ0n) is 31.2. The molecule has 4 heterocycles. The Balaban J connectivity index is 1.43. The molecule has 0 spiro atoms. The van der Waals surface area contributed by atoms with E-state index >= 15 is 0 Å². The summed E-state index contributed by atoms with van der Waals surface area (Å²) >= 11 is 0. The maximum Gasteiger partial charge on any atom is 0.264 e. The Morgan fingerprint density at radius 2 is 1.85 bits per heavy atom. The van der Waals surface area contributed by atoms with Gasteiger partial charge in [0.15, 0.2) is 0 Å². The Bertz CT molecular complexity index is 2180. The molecule has 1 saturated carbocycles. The molecule has 1 unspecified atom stereocenters. The molecule has 2 aliphatic heterocycles. The van der Waals surface area contributed by atoms with E-state index in [0.717, 1.165) is 64.7 Å². The van der Waals surface area contributed by atoms with Crippen molar-refractivity contribution in [1.82, 2.24) is 24.0 Å². The number of sulfonamides is 1. The summed E-state index contributed by atoms with van der Waals surface area (Å²) in [6, 6.07) is 11.6. The number of hydrogen-bond donors (Lipinski definition) is 1. The predicted octanol–water partition coefficient (Wildman–Crippen LogP) is 6.09. The van der Waals surface area contributed by atoms with E-state index in [-0.39, 0.29) is 17.6 Å². The number of fused-ring (bicyclic) bond motifs is 5. The van der Waals surface area contributed by atoms with Gasteiger partial charge in [0, 0.05) is 48.8 Å². The van der Waals surface area contributed by atoms with Crippen LogP contribution in [0.5, 0.6) is 5.75 Å². The second-order valence-corrected chi connectivity index (χ2v) is 16.7. The molecular formula is C40H49N5O7S. The molecule has 4 aromatic rings. The van der Waals surface area contributed by atoms with Crippen LogP contribution in [0.1, 0.15) is 96.3 Å². The highest BCUT2D eigenvalue weighted by atomic mass is 32.2.